The van der Waals surface area contributed by atoms with E-state index in [2.05, 4.69) is 57.4 Å². The molecule has 0 radical (unpaired) electrons. The predicted octanol–water partition coefficient (Wildman–Crippen LogP) is 2.36. The molecule has 0 saturated carbocycles. The predicted molar refractivity (Wildman–Crippen MR) is 77.5 cm³/mol. The Bertz CT molecular complexity index is 588. The molecule has 3 rings (SSSR count). The summed E-state index contributed by atoms with van der Waals surface area (Å²) in [6.45, 7) is 6.91. The van der Waals surface area contributed by atoms with Gasteiger partial charge in [0.2, 0.25) is 5.95 Å². The molecule has 0 fully saturated rings. The van der Waals surface area contributed by atoms with Gasteiger partial charge in [0.25, 0.3) is 0 Å². The molecule has 0 saturated heterocycles. The van der Waals surface area contributed by atoms with Crippen molar-refractivity contribution in [3.63, 3.8) is 0 Å². The molecule has 0 atom stereocenters. The Morgan fingerprint density at radius 2 is 2.21 bits per heavy atom. The van der Waals surface area contributed by atoms with E-state index >= 15 is 0 Å². The molecule has 19 heavy (non-hydrogen) atoms. The number of nitrogens with one attached hydrogen (secondary N) is 2. The molecule has 1 aromatic carbocycles. The molecule has 0 unspecified atom stereocenters. The third-order valence-electron chi connectivity index (χ3n) is 3.48. The third kappa shape index (κ3) is 2.05. The van der Waals surface area contributed by atoms with Crippen LogP contribution in [0.15, 0.2) is 18.2 Å². The largest absolute Gasteiger partial charge is 0.384 e. The highest BCUT2D eigenvalue weighted by Gasteiger charge is 2.15. The van der Waals surface area contributed by atoms with Gasteiger partial charge in [-0.25, -0.2) is 0 Å². The van der Waals surface area contributed by atoms with Gasteiger partial charge in [-0.05, 0) is 31.9 Å². The summed E-state index contributed by atoms with van der Waals surface area (Å²) in [6, 6.07) is 6.50. The van der Waals surface area contributed by atoms with Gasteiger partial charge in [0.15, 0.2) is 5.82 Å². The van der Waals surface area contributed by atoms with Crippen LogP contribution in [0, 0.1) is 0 Å². The van der Waals surface area contributed by atoms with E-state index in [0.29, 0.717) is 0 Å². The fraction of sp³-hybridized carbons (Fsp3) is 0.429. The molecule has 100 valence electrons. The summed E-state index contributed by atoms with van der Waals surface area (Å²) in [5.74, 6) is 1.77. The Kier molecular flexibility index (Phi) is 3.11. The van der Waals surface area contributed by atoms with Crippen molar-refractivity contribution >= 4 is 11.6 Å². The minimum Gasteiger partial charge on any atom is -0.384 e. The minimum absolute atomic E-state index is 0.841. The van der Waals surface area contributed by atoms with E-state index in [-0.39, 0.29) is 0 Å². The van der Waals surface area contributed by atoms with E-state index in [0.717, 1.165) is 43.4 Å². The Balaban J connectivity index is 2.02. The van der Waals surface area contributed by atoms with Gasteiger partial charge in [-0.3, -0.25) is 4.57 Å². The lowest BCUT2D eigenvalue weighted by molar-refractivity contribution is 0.770. The number of fused-ring (bicyclic) bond motifs is 1. The lowest BCUT2D eigenvalue weighted by Crippen LogP contribution is -2.06. The maximum Gasteiger partial charge on any atom is 0.224 e. The highest BCUT2D eigenvalue weighted by molar-refractivity contribution is 5.68. The second-order valence-electron chi connectivity index (χ2n) is 4.67. The van der Waals surface area contributed by atoms with Crippen LogP contribution in [-0.4, -0.2) is 27.9 Å². The smallest absolute Gasteiger partial charge is 0.224 e. The van der Waals surface area contributed by atoms with Gasteiger partial charge in [0, 0.05) is 30.9 Å². The highest BCUT2D eigenvalue weighted by Crippen LogP contribution is 2.29. The van der Waals surface area contributed by atoms with E-state index in [4.69, 9.17) is 0 Å². The fourth-order valence-corrected chi connectivity index (χ4v) is 2.53. The molecule has 5 heteroatoms. The lowest BCUT2D eigenvalue weighted by atomic mass is 10.1. The van der Waals surface area contributed by atoms with Crippen LogP contribution in [0.3, 0.4) is 0 Å². The number of hydrogen-bond acceptors (Lipinski definition) is 4. The van der Waals surface area contributed by atoms with Crippen LogP contribution in [-0.2, 0) is 13.0 Å². The average molecular weight is 257 g/mol. The quantitative estimate of drug-likeness (QED) is 0.883. The van der Waals surface area contributed by atoms with E-state index in [1.807, 2.05) is 0 Å². The zero-order valence-corrected chi connectivity index (χ0v) is 11.4. The summed E-state index contributed by atoms with van der Waals surface area (Å²) >= 11 is 0. The summed E-state index contributed by atoms with van der Waals surface area (Å²) in [4.78, 5) is 0. The molecular weight excluding hydrogens is 238 g/mol. The maximum absolute atomic E-state index is 4.32. The van der Waals surface area contributed by atoms with E-state index in [9.17, 15) is 0 Å². The van der Waals surface area contributed by atoms with Gasteiger partial charge in [0.05, 0.1) is 0 Å². The van der Waals surface area contributed by atoms with Gasteiger partial charge in [-0.2, -0.15) is 0 Å². The van der Waals surface area contributed by atoms with Crippen molar-refractivity contribution in [1.29, 1.82) is 0 Å². The minimum atomic E-state index is 0.841. The van der Waals surface area contributed by atoms with Crippen molar-refractivity contribution in [1.82, 2.24) is 14.8 Å². The molecule has 0 bridgehead atoms. The molecule has 0 amide bonds. The molecule has 1 aliphatic rings. The molecule has 1 aromatic heterocycles. The summed E-state index contributed by atoms with van der Waals surface area (Å²) in [5.41, 5.74) is 3.73. The Morgan fingerprint density at radius 1 is 1.32 bits per heavy atom. The van der Waals surface area contributed by atoms with Crippen LogP contribution in [0.4, 0.5) is 11.6 Å². The molecule has 5 nitrogen and oxygen atoms in total. The van der Waals surface area contributed by atoms with Crippen molar-refractivity contribution in [2.45, 2.75) is 26.8 Å². The van der Waals surface area contributed by atoms with Crippen molar-refractivity contribution < 1.29 is 0 Å². The maximum atomic E-state index is 4.32. The van der Waals surface area contributed by atoms with E-state index in [1.54, 1.807) is 0 Å². The number of anilines is 2. The van der Waals surface area contributed by atoms with Gasteiger partial charge >= 0.3 is 0 Å². The number of nitrogens with zero attached hydrogens (tertiary/aromatic N) is 3. The van der Waals surface area contributed by atoms with Crippen molar-refractivity contribution in [2.24, 2.45) is 0 Å². The van der Waals surface area contributed by atoms with Crippen molar-refractivity contribution in [2.75, 3.05) is 23.7 Å². The van der Waals surface area contributed by atoms with E-state index in [1.165, 1.54) is 11.3 Å². The van der Waals surface area contributed by atoms with Crippen molar-refractivity contribution in [3.8, 4) is 11.4 Å². The first-order valence-electron chi connectivity index (χ1n) is 6.87. The number of hydrogen-bond donors (Lipinski definition) is 2. The Hall–Kier alpha value is -2.04. The van der Waals surface area contributed by atoms with Crippen LogP contribution < -0.4 is 10.6 Å². The standard InChI is InChI=1S/C14H19N5/c1-3-15-14-18-17-13(19(14)4-2)11-6-5-10-7-8-16-12(10)9-11/h5-6,9,16H,3-4,7-8H2,1-2H3,(H,15,18). The van der Waals surface area contributed by atoms with Crippen LogP contribution in [0.25, 0.3) is 11.4 Å². The molecule has 0 spiro atoms. The van der Waals surface area contributed by atoms with Gasteiger partial charge in [-0.15, -0.1) is 10.2 Å². The van der Waals surface area contributed by atoms with Crippen LogP contribution in [0.2, 0.25) is 0 Å². The monoisotopic (exact) mass is 257 g/mol. The zero-order chi connectivity index (χ0) is 13.2. The van der Waals surface area contributed by atoms with Gasteiger partial charge < -0.3 is 10.6 Å². The van der Waals surface area contributed by atoms with Gasteiger partial charge in [-0.1, -0.05) is 12.1 Å². The summed E-state index contributed by atoms with van der Waals surface area (Å²) in [6.07, 6.45) is 1.11. The Labute approximate surface area is 113 Å². The van der Waals surface area contributed by atoms with Crippen LogP contribution in [0.1, 0.15) is 19.4 Å². The normalized spacial score (nSPS) is 13.2. The van der Waals surface area contributed by atoms with E-state index < -0.39 is 0 Å². The molecule has 0 aliphatic carbocycles. The first kappa shape index (κ1) is 12.0. The number of rotatable bonds is 4. The third-order valence-corrected chi connectivity index (χ3v) is 3.48. The summed E-state index contributed by atoms with van der Waals surface area (Å²) in [7, 11) is 0. The second-order valence-corrected chi connectivity index (χ2v) is 4.67. The highest BCUT2D eigenvalue weighted by atomic mass is 15.3. The van der Waals surface area contributed by atoms with Gasteiger partial charge in [0.1, 0.15) is 0 Å². The van der Waals surface area contributed by atoms with Crippen LogP contribution >= 0.6 is 0 Å². The molecule has 2 heterocycles. The Morgan fingerprint density at radius 3 is 3.00 bits per heavy atom. The van der Waals surface area contributed by atoms with Crippen LogP contribution in [0.5, 0.6) is 0 Å². The summed E-state index contributed by atoms with van der Waals surface area (Å²) in [5, 5.41) is 15.2. The first-order valence-corrected chi connectivity index (χ1v) is 6.87. The molecule has 1 aliphatic heterocycles. The zero-order valence-electron chi connectivity index (χ0n) is 11.4. The fourth-order valence-electron chi connectivity index (χ4n) is 2.53. The number of aromatic nitrogens is 3. The topological polar surface area (TPSA) is 54.8 Å². The van der Waals surface area contributed by atoms with Crippen molar-refractivity contribution in [3.05, 3.63) is 23.8 Å². The molecule has 2 aromatic rings. The second kappa shape index (κ2) is 4.91. The molecular formula is C14H19N5. The first-order chi connectivity index (χ1) is 9.33. The average Bonchev–Trinajstić information content (AvgIpc) is 3.04. The molecule has 2 N–H and O–H groups in total. The SMILES string of the molecule is CCNc1nnc(-c2ccc3c(c2)NCC3)n1CC. The summed E-state index contributed by atoms with van der Waals surface area (Å²) < 4.78 is 2.11. The lowest BCUT2D eigenvalue weighted by Gasteiger charge is -2.09. The number of benzene rings is 1.